The molecule has 2 N–H and O–H groups in total. The van der Waals surface area contributed by atoms with Crippen LogP contribution in [0, 0.1) is 0 Å². The third kappa shape index (κ3) is 6.08. The van der Waals surface area contributed by atoms with Crippen LogP contribution in [0.4, 0.5) is 4.79 Å². The molecule has 0 unspecified atom stereocenters. The number of nitrogens with one attached hydrogen (secondary N) is 1. The number of hydrogen-bond acceptors (Lipinski definition) is 4. The molecule has 2 amide bonds. The van der Waals surface area contributed by atoms with Crippen molar-refractivity contribution in [3.63, 3.8) is 0 Å². The molecule has 29 heavy (non-hydrogen) atoms. The maximum Gasteiger partial charge on any atom is 0.404 e. The van der Waals surface area contributed by atoms with Crippen LogP contribution < -0.4 is 10.1 Å². The molecule has 0 aliphatic carbocycles. The SMILES string of the molecule is O=C(O)NCCN(Cc1cccs1)C(=O)c1ccccc1OCc1ccccc1. The first-order chi connectivity index (χ1) is 14.1. The zero-order chi connectivity index (χ0) is 20.5. The van der Waals surface area contributed by atoms with Gasteiger partial charge in [-0.15, -0.1) is 11.3 Å². The molecular formula is C22H22N2O4S. The third-order valence-corrected chi connectivity index (χ3v) is 5.09. The Balaban J connectivity index is 1.76. The summed E-state index contributed by atoms with van der Waals surface area (Å²) >= 11 is 1.55. The number of carbonyl (C=O) groups excluding carboxylic acids is 1. The van der Waals surface area contributed by atoms with Crippen LogP contribution in [-0.2, 0) is 13.2 Å². The van der Waals surface area contributed by atoms with E-state index in [0.717, 1.165) is 10.4 Å². The maximum absolute atomic E-state index is 13.3. The van der Waals surface area contributed by atoms with Crippen molar-refractivity contribution in [1.29, 1.82) is 0 Å². The van der Waals surface area contributed by atoms with Gasteiger partial charge in [0.1, 0.15) is 12.4 Å². The van der Waals surface area contributed by atoms with Gasteiger partial charge in [-0.3, -0.25) is 4.79 Å². The molecule has 150 valence electrons. The van der Waals surface area contributed by atoms with Gasteiger partial charge in [0.25, 0.3) is 5.91 Å². The van der Waals surface area contributed by atoms with Crippen LogP contribution in [0.2, 0.25) is 0 Å². The molecule has 1 heterocycles. The standard InChI is InChI=1S/C22H22N2O4S/c25-21(24(13-12-23-22(26)27)15-18-9-6-14-29-18)19-10-4-5-11-20(19)28-16-17-7-2-1-3-8-17/h1-11,14,23H,12-13,15-16H2,(H,26,27). The van der Waals surface area contributed by atoms with Crippen molar-refractivity contribution >= 4 is 23.3 Å². The third-order valence-electron chi connectivity index (χ3n) is 4.23. The number of ether oxygens (including phenoxy) is 1. The van der Waals surface area contributed by atoms with Gasteiger partial charge in [0, 0.05) is 18.0 Å². The molecule has 0 aliphatic rings. The van der Waals surface area contributed by atoms with E-state index < -0.39 is 6.09 Å². The predicted octanol–water partition coefficient (Wildman–Crippen LogP) is 4.24. The molecule has 0 saturated carbocycles. The highest BCUT2D eigenvalue weighted by atomic mass is 32.1. The highest BCUT2D eigenvalue weighted by Crippen LogP contribution is 2.23. The Morgan fingerprint density at radius 3 is 2.48 bits per heavy atom. The molecule has 0 radical (unpaired) electrons. The first-order valence-corrected chi connectivity index (χ1v) is 10.1. The monoisotopic (exact) mass is 410 g/mol. The van der Waals surface area contributed by atoms with Crippen molar-refractivity contribution in [3.05, 3.63) is 88.1 Å². The van der Waals surface area contributed by atoms with Crippen LogP contribution in [0.25, 0.3) is 0 Å². The topological polar surface area (TPSA) is 78.9 Å². The summed E-state index contributed by atoms with van der Waals surface area (Å²) in [6, 6.07) is 20.7. The average Bonchev–Trinajstić information content (AvgIpc) is 3.25. The molecule has 3 rings (SSSR count). The summed E-state index contributed by atoms with van der Waals surface area (Å²) in [5, 5.41) is 13.1. The molecule has 0 bridgehead atoms. The van der Waals surface area contributed by atoms with E-state index in [1.807, 2.05) is 53.9 Å². The number of thiophene rings is 1. The van der Waals surface area contributed by atoms with Crippen LogP contribution in [0.5, 0.6) is 5.75 Å². The van der Waals surface area contributed by atoms with E-state index in [2.05, 4.69) is 5.32 Å². The van der Waals surface area contributed by atoms with Crippen molar-refractivity contribution in [3.8, 4) is 5.75 Å². The summed E-state index contributed by atoms with van der Waals surface area (Å²) in [6.45, 7) is 1.18. The number of carbonyl (C=O) groups is 2. The summed E-state index contributed by atoms with van der Waals surface area (Å²) in [4.78, 5) is 26.7. The average molecular weight is 410 g/mol. The van der Waals surface area contributed by atoms with Crippen LogP contribution in [0.1, 0.15) is 20.8 Å². The molecule has 1 aromatic heterocycles. The molecule has 0 saturated heterocycles. The molecule has 3 aromatic rings. The number of rotatable bonds is 9. The highest BCUT2D eigenvalue weighted by molar-refractivity contribution is 7.09. The summed E-state index contributed by atoms with van der Waals surface area (Å²) in [7, 11) is 0. The molecule has 0 aliphatic heterocycles. The van der Waals surface area contributed by atoms with Gasteiger partial charge in [0.15, 0.2) is 0 Å². The molecule has 7 heteroatoms. The van der Waals surface area contributed by atoms with Crippen LogP contribution in [-0.4, -0.2) is 35.1 Å². The minimum absolute atomic E-state index is 0.152. The molecule has 2 aromatic carbocycles. The first-order valence-electron chi connectivity index (χ1n) is 9.17. The van der Waals surface area contributed by atoms with Gasteiger partial charge in [-0.05, 0) is 29.1 Å². The van der Waals surface area contributed by atoms with Gasteiger partial charge in [0.2, 0.25) is 0 Å². The normalized spacial score (nSPS) is 10.3. The number of benzene rings is 2. The van der Waals surface area contributed by atoms with Gasteiger partial charge in [-0.25, -0.2) is 4.79 Å². The van der Waals surface area contributed by atoms with E-state index in [0.29, 0.717) is 24.5 Å². The molecule has 0 spiro atoms. The lowest BCUT2D eigenvalue weighted by atomic mass is 10.1. The summed E-state index contributed by atoms with van der Waals surface area (Å²) in [5.41, 5.74) is 1.46. The Morgan fingerprint density at radius 1 is 1.00 bits per heavy atom. The Labute approximate surface area is 173 Å². The van der Waals surface area contributed by atoms with Gasteiger partial charge in [0.05, 0.1) is 12.1 Å². The molecule has 0 atom stereocenters. The molecular weight excluding hydrogens is 388 g/mol. The predicted molar refractivity (Wildman–Crippen MR) is 112 cm³/mol. The smallest absolute Gasteiger partial charge is 0.404 e. The van der Waals surface area contributed by atoms with E-state index in [4.69, 9.17) is 9.84 Å². The van der Waals surface area contributed by atoms with Crippen molar-refractivity contribution in [2.45, 2.75) is 13.2 Å². The van der Waals surface area contributed by atoms with E-state index >= 15 is 0 Å². The van der Waals surface area contributed by atoms with Crippen molar-refractivity contribution < 1.29 is 19.4 Å². The van der Waals surface area contributed by atoms with Gasteiger partial charge < -0.3 is 20.1 Å². The molecule has 6 nitrogen and oxygen atoms in total. The van der Waals surface area contributed by atoms with E-state index in [9.17, 15) is 9.59 Å². The minimum atomic E-state index is -1.11. The van der Waals surface area contributed by atoms with Crippen LogP contribution >= 0.6 is 11.3 Å². The highest BCUT2D eigenvalue weighted by Gasteiger charge is 2.20. The second-order valence-corrected chi connectivity index (χ2v) is 7.34. The number of carboxylic acid groups (broad SMARTS) is 1. The lowest BCUT2D eigenvalue weighted by molar-refractivity contribution is 0.0740. The van der Waals surface area contributed by atoms with E-state index in [1.54, 1.807) is 34.4 Å². The lowest BCUT2D eigenvalue weighted by Crippen LogP contribution is -2.37. The second kappa shape index (κ2) is 10.3. The summed E-state index contributed by atoms with van der Waals surface area (Å²) in [5.74, 6) is 0.304. The second-order valence-electron chi connectivity index (χ2n) is 6.31. The fourth-order valence-corrected chi connectivity index (χ4v) is 3.54. The fourth-order valence-electron chi connectivity index (χ4n) is 2.82. The van der Waals surface area contributed by atoms with Crippen LogP contribution in [0.15, 0.2) is 72.1 Å². The van der Waals surface area contributed by atoms with Crippen LogP contribution in [0.3, 0.4) is 0 Å². The quantitative estimate of drug-likeness (QED) is 0.553. The van der Waals surface area contributed by atoms with E-state index in [-0.39, 0.29) is 19.0 Å². The minimum Gasteiger partial charge on any atom is -0.488 e. The fraction of sp³-hybridized carbons (Fsp3) is 0.182. The first kappa shape index (κ1) is 20.4. The van der Waals surface area contributed by atoms with Crippen molar-refractivity contribution in [2.24, 2.45) is 0 Å². The largest absolute Gasteiger partial charge is 0.488 e. The van der Waals surface area contributed by atoms with Crippen molar-refractivity contribution in [1.82, 2.24) is 10.2 Å². The van der Waals surface area contributed by atoms with Crippen molar-refractivity contribution in [2.75, 3.05) is 13.1 Å². The Morgan fingerprint density at radius 2 is 1.76 bits per heavy atom. The molecule has 0 fully saturated rings. The summed E-state index contributed by atoms with van der Waals surface area (Å²) in [6.07, 6.45) is -1.11. The Hall–Kier alpha value is -3.32. The zero-order valence-corrected chi connectivity index (χ0v) is 16.6. The number of nitrogens with zero attached hydrogens (tertiary/aromatic N) is 1. The maximum atomic E-state index is 13.3. The Bertz CT molecular complexity index is 929. The summed E-state index contributed by atoms with van der Waals surface area (Å²) < 4.78 is 5.92. The van der Waals surface area contributed by atoms with Gasteiger partial charge in [-0.2, -0.15) is 0 Å². The number of hydrogen-bond donors (Lipinski definition) is 2. The van der Waals surface area contributed by atoms with E-state index in [1.165, 1.54) is 0 Å². The lowest BCUT2D eigenvalue weighted by Gasteiger charge is -2.23. The van der Waals surface area contributed by atoms with Gasteiger partial charge >= 0.3 is 6.09 Å². The Kier molecular flexibility index (Phi) is 7.24. The van der Waals surface area contributed by atoms with Gasteiger partial charge in [-0.1, -0.05) is 48.5 Å². The number of amides is 2. The zero-order valence-electron chi connectivity index (χ0n) is 15.8. The number of para-hydroxylation sites is 1.